The molecule has 0 saturated carbocycles. The maximum Gasteiger partial charge on any atom is 0.266 e. The second-order valence-electron chi connectivity index (χ2n) is 5.97. The summed E-state index contributed by atoms with van der Waals surface area (Å²) in [5, 5.41) is 0.666. The minimum absolute atomic E-state index is 0.0799. The summed E-state index contributed by atoms with van der Waals surface area (Å²) < 4.78 is 23.7. The molecule has 2 aromatic carbocycles. The van der Waals surface area contributed by atoms with E-state index in [4.69, 9.17) is 9.47 Å². The Bertz CT molecular complexity index is 809. The average molecular weight is 388 g/mol. The third kappa shape index (κ3) is 4.80. The van der Waals surface area contributed by atoms with E-state index in [1.807, 2.05) is 31.2 Å². The van der Waals surface area contributed by atoms with E-state index in [0.29, 0.717) is 10.9 Å². The minimum atomic E-state index is -0.343. The fourth-order valence-electron chi connectivity index (χ4n) is 2.68. The van der Waals surface area contributed by atoms with E-state index in [-0.39, 0.29) is 24.4 Å². The molecule has 0 N–H and O–H groups in total. The molecule has 0 aromatic heterocycles. The number of methoxy groups -OCH3 is 1. The van der Waals surface area contributed by atoms with Gasteiger partial charge in [0, 0.05) is 11.8 Å². The molecule has 1 atom stereocenters. The number of benzene rings is 2. The van der Waals surface area contributed by atoms with Crippen molar-refractivity contribution in [2.45, 2.75) is 19.4 Å². The average Bonchev–Trinajstić information content (AvgIpc) is 3.10. The van der Waals surface area contributed by atoms with Gasteiger partial charge in [-0.2, -0.15) is 0 Å². The van der Waals surface area contributed by atoms with Gasteiger partial charge in [0.05, 0.1) is 12.8 Å². The van der Waals surface area contributed by atoms with Crippen molar-refractivity contribution in [3.05, 3.63) is 54.3 Å². The first kappa shape index (κ1) is 19.2. The molecule has 1 aliphatic heterocycles. The first-order valence-electron chi connectivity index (χ1n) is 8.66. The Kier molecular flexibility index (Phi) is 6.34. The predicted molar refractivity (Wildman–Crippen MR) is 105 cm³/mol. The van der Waals surface area contributed by atoms with Gasteiger partial charge in [-0.05, 0) is 55.0 Å². The van der Waals surface area contributed by atoms with Crippen LogP contribution in [0.4, 0.5) is 10.1 Å². The maximum atomic E-state index is 13.0. The van der Waals surface area contributed by atoms with E-state index >= 15 is 0 Å². The summed E-state index contributed by atoms with van der Waals surface area (Å²) in [4.78, 5) is 19.1. The van der Waals surface area contributed by atoms with E-state index in [1.165, 1.54) is 24.3 Å². The molecule has 0 radical (unpaired) electrons. The van der Waals surface area contributed by atoms with Crippen LogP contribution in [-0.4, -0.2) is 41.5 Å². The second-order valence-corrected chi connectivity index (χ2v) is 6.96. The number of hydrogen-bond acceptors (Lipinski definition) is 5. The fourth-order valence-corrected chi connectivity index (χ4v) is 3.97. The molecule has 1 saturated heterocycles. The highest BCUT2D eigenvalue weighted by atomic mass is 32.2. The summed E-state index contributed by atoms with van der Waals surface area (Å²) in [6.07, 6.45) is 0.830. The molecule has 1 amide bonds. The third-order valence-corrected chi connectivity index (χ3v) is 5.29. The van der Waals surface area contributed by atoms with E-state index in [0.717, 1.165) is 23.6 Å². The van der Waals surface area contributed by atoms with Crippen LogP contribution in [0, 0.1) is 5.82 Å². The molecule has 1 heterocycles. The molecule has 0 bridgehead atoms. The molecular weight excluding hydrogens is 367 g/mol. The summed E-state index contributed by atoms with van der Waals surface area (Å²) in [5.41, 5.74) is 0.757. The van der Waals surface area contributed by atoms with Gasteiger partial charge >= 0.3 is 0 Å². The van der Waals surface area contributed by atoms with Crippen LogP contribution >= 0.6 is 11.8 Å². The van der Waals surface area contributed by atoms with Gasteiger partial charge in [-0.1, -0.05) is 18.7 Å². The van der Waals surface area contributed by atoms with E-state index in [2.05, 4.69) is 4.99 Å². The van der Waals surface area contributed by atoms with E-state index in [9.17, 15) is 9.18 Å². The molecule has 7 heteroatoms. The highest BCUT2D eigenvalue weighted by Crippen LogP contribution is 2.29. The van der Waals surface area contributed by atoms with Gasteiger partial charge < -0.3 is 9.47 Å². The van der Waals surface area contributed by atoms with Gasteiger partial charge in [-0.15, -0.1) is 0 Å². The van der Waals surface area contributed by atoms with Crippen molar-refractivity contribution < 1.29 is 18.7 Å². The third-order valence-electron chi connectivity index (χ3n) is 4.19. The molecule has 2 aromatic rings. The number of amides is 1. The topological polar surface area (TPSA) is 51.1 Å². The SMILES string of the molecule is CCC1CSC(=Nc2ccc(OC)cc2)N1C(=O)COc1ccc(F)cc1. The number of aliphatic imine (C=N–C) groups is 1. The number of ether oxygens (including phenoxy) is 2. The molecule has 5 nitrogen and oxygen atoms in total. The van der Waals surface area contributed by atoms with Crippen molar-refractivity contribution in [3.63, 3.8) is 0 Å². The molecule has 0 spiro atoms. The Morgan fingerprint density at radius 2 is 1.85 bits per heavy atom. The van der Waals surface area contributed by atoms with E-state index in [1.54, 1.807) is 23.8 Å². The number of carbonyl (C=O) groups is 1. The Morgan fingerprint density at radius 1 is 1.19 bits per heavy atom. The zero-order chi connectivity index (χ0) is 19.2. The predicted octanol–water partition coefficient (Wildman–Crippen LogP) is 4.25. The van der Waals surface area contributed by atoms with Crippen molar-refractivity contribution in [2.75, 3.05) is 19.5 Å². The molecule has 3 rings (SSSR count). The highest BCUT2D eigenvalue weighted by molar-refractivity contribution is 8.14. The number of nitrogens with zero attached hydrogens (tertiary/aromatic N) is 2. The lowest BCUT2D eigenvalue weighted by atomic mass is 10.2. The standard InChI is InChI=1S/C20H21FN2O3S/c1-3-16-13-27-20(22-15-6-10-17(25-2)11-7-15)23(16)19(24)12-26-18-8-4-14(21)5-9-18/h4-11,16H,3,12-13H2,1-2H3. The van der Waals surface area contributed by atoms with Gasteiger partial charge in [0.1, 0.15) is 17.3 Å². The monoisotopic (exact) mass is 388 g/mol. The fraction of sp³-hybridized carbons (Fsp3) is 0.300. The second kappa shape index (κ2) is 8.90. The number of hydrogen-bond donors (Lipinski definition) is 0. The molecule has 1 fully saturated rings. The number of amidine groups is 1. The van der Waals surface area contributed by atoms with Crippen molar-refractivity contribution >= 4 is 28.5 Å². The summed E-state index contributed by atoms with van der Waals surface area (Å²) in [7, 11) is 1.61. The Hall–Kier alpha value is -2.54. The summed E-state index contributed by atoms with van der Waals surface area (Å²) in [5.74, 6) is 1.50. The van der Waals surface area contributed by atoms with E-state index < -0.39 is 0 Å². The van der Waals surface area contributed by atoms with Crippen LogP contribution in [0.15, 0.2) is 53.5 Å². The molecule has 27 heavy (non-hydrogen) atoms. The lowest BCUT2D eigenvalue weighted by molar-refractivity contribution is -0.130. The zero-order valence-electron chi connectivity index (χ0n) is 15.2. The van der Waals surface area contributed by atoms with Gasteiger partial charge in [0.15, 0.2) is 11.8 Å². The molecule has 1 unspecified atom stereocenters. The first-order chi connectivity index (χ1) is 13.1. The van der Waals surface area contributed by atoms with Crippen molar-refractivity contribution in [2.24, 2.45) is 4.99 Å². The molecule has 142 valence electrons. The van der Waals surface area contributed by atoms with Crippen LogP contribution in [0.1, 0.15) is 13.3 Å². The summed E-state index contributed by atoms with van der Waals surface area (Å²) in [6.45, 7) is 1.92. The van der Waals surface area contributed by atoms with Gasteiger partial charge in [-0.3, -0.25) is 9.69 Å². The number of carbonyl (C=O) groups excluding carboxylic acids is 1. The van der Waals surface area contributed by atoms with Gasteiger partial charge in [-0.25, -0.2) is 9.38 Å². The quantitative estimate of drug-likeness (QED) is 0.742. The minimum Gasteiger partial charge on any atom is -0.497 e. The normalized spacial score (nSPS) is 18.0. The lowest BCUT2D eigenvalue weighted by Gasteiger charge is -2.23. The summed E-state index contributed by atoms with van der Waals surface area (Å²) >= 11 is 1.56. The maximum absolute atomic E-state index is 13.0. The van der Waals surface area contributed by atoms with Gasteiger partial charge in [0.2, 0.25) is 0 Å². The Morgan fingerprint density at radius 3 is 2.48 bits per heavy atom. The van der Waals surface area contributed by atoms with Crippen LogP contribution in [0.5, 0.6) is 11.5 Å². The van der Waals surface area contributed by atoms with Crippen LogP contribution in [0.25, 0.3) is 0 Å². The number of rotatable bonds is 6. The smallest absolute Gasteiger partial charge is 0.266 e. The zero-order valence-corrected chi connectivity index (χ0v) is 16.0. The Labute approximate surface area is 162 Å². The van der Waals surface area contributed by atoms with Crippen LogP contribution in [0.3, 0.4) is 0 Å². The molecular formula is C20H21FN2O3S. The number of thioether (sulfide) groups is 1. The largest absolute Gasteiger partial charge is 0.497 e. The van der Waals surface area contributed by atoms with Crippen molar-refractivity contribution in [3.8, 4) is 11.5 Å². The summed E-state index contributed by atoms with van der Waals surface area (Å²) in [6, 6.07) is 13.1. The molecule has 0 aliphatic carbocycles. The van der Waals surface area contributed by atoms with Crippen LogP contribution < -0.4 is 9.47 Å². The van der Waals surface area contributed by atoms with Gasteiger partial charge in [0.25, 0.3) is 5.91 Å². The lowest BCUT2D eigenvalue weighted by Crippen LogP contribution is -2.41. The number of halogens is 1. The van der Waals surface area contributed by atoms with Crippen molar-refractivity contribution in [1.82, 2.24) is 4.90 Å². The Balaban J connectivity index is 1.73. The van der Waals surface area contributed by atoms with Crippen LogP contribution in [-0.2, 0) is 4.79 Å². The molecule has 1 aliphatic rings. The highest BCUT2D eigenvalue weighted by Gasteiger charge is 2.34. The van der Waals surface area contributed by atoms with Crippen molar-refractivity contribution in [1.29, 1.82) is 0 Å². The van der Waals surface area contributed by atoms with Crippen LogP contribution in [0.2, 0.25) is 0 Å². The first-order valence-corrected chi connectivity index (χ1v) is 9.65.